The highest BCUT2D eigenvalue weighted by Crippen LogP contribution is 2.25. The molecule has 1 aromatic carbocycles. The Hall–Kier alpha value is -1.17. The van der Waals surface area contributed by atoms with Crippen molar-refractivity contribution in [3.63, 3.8) is 0 Å². The number of ether oxygens (including phenoxy) is 2. The first kappa shape index (κ1) is 15.9. The number of nitrogens with two attached hydrogens (primary N) is 1. The van der Waals surface area contributed by atoms with Gasteiger partial charge in [0.15, 0.2) is 11.6 Å². The SMILES string of the molecule is COCC(C)N(C)C(CN)c1ccc(OC)c(F)c1. The van der Waals surface area contributed by atoms with Crippen molar-refractivity contribution in [2.75, 3.05) is 34.4 Å². The molecule has 1 aromatic rings. The molecule has 1 rings (SSSR count). The van der Waals surface area contributed by atoms with Crippen LogP contribution in [0.4, 0.5) is 4.39 Å². The number of methoxy groups -OCH3 is 2. The molecular weight excluding hydrogens is 247 g/mol. The summed E-state index contributed by atoms with van der Waals surface area (Å²) in [6.07, 6.45) is 0. The normalized spacial score (nSPS) is 14.5. The average Bonchev–Trinajstić information content (AvgIpc) is 2.40. The van der Waals surface area contributed by atoms with Crippen LogP contribution in [0.2, 0.25) is 0 Å². The van der Waals surface area contributed by atoms with Crippen LogP contribution in [0.15, 0.2) is 18.2 Å². The van der Waals surface area contributed by atoms with E-state index in [4.69, 9.17) is 15.2 Å². The van der Waals surface area contributed by atoms with Gasteiger partial charge in [0.25, 0.3) is 0 Å². The fourth-order valence-corrected chi connectivity index (χ4v) is 2.09. The lowest BCUT2D eigenvalue weighted by atomic mass is 10.0. The minimum atomic E-state index is -0.369. The second-order valence-electron chi connectivity index (χ2n) is 4.62. The molecule has 0 aromatic heterocycles. The van der Waals surface area contributed by atoms with Crippen LogP contribution in [0.1, 0.15) is 18.5 Å². The Labute approximate surface area is 114 Å². The Morgan fingerprint density at radius 1 is 1.37 bits per heavy atom. The summed E-state index contributed by atoms with van der Waals surface area (Å²) in [7, 11) is 5.07. The lowest BCUT2D eigenvalue weighted by molar-refractivity contribution is 0.0909. The fourth-order valence-electron chi connectivity index (χ4n) is 2.09. The van der Waals surface area contributed by atoms with Crippen LogP contribution in [0.25, 0.3) is 0 Å². The third-order valence-corrected chi connectivity index (χ3v) is 3.38. The number of hydrogen-bond donors (Lipinski definition) is 1. The molecule has 2 atom stereocenters. The maximum absolute atomic E-state index is 13.8. The molecule has 0 fully saturated rings. The van der Waals surface area contributed by atoms with Crippen LogP contribution in [0.5, 0.6) is 5.75 Å². The van der Waals surface area contributed by atoms with Crippen molar-refractivity contribution in [3.05, 3.63) is 29.6 Å². The standard InChI is InChI=1S/C14H23FN2O2/c1-10(9-18-3)17(2)13(8-16)11-5-6-14(19-4)12(15)7-11/h5-7,10,13H,8-9,16H2,1-4H3. The predicted molar refractivity (Wildman–Crippen MR) is 73.8 cm³/mol. The summed E-state index contributed by atoms with van der Waals surface area (Å²) in [5, 5.41) is 0. The number of benzene rings is 1. The van der Waals surface area contributed by atoms with E-state index in [1.54, 1.807) is 13.2 Å². The van der Waals surface area contributed by atoms with Crippen molar-refractivity contribution in [1.82, 2.24) is 4.90 Å². The van der Waals surface area contributed by atoms with Gasteiger partial charge in [0.05, 0.1) is 13.7 Å². The van der Waals surface area contributed by atoms with Gasteiger partial charge in [0.2, 0.25) is 0 Å². The highest BCUT2D eigenvalue weighted by atomic mass is 19.1. The molecule has 0 spiro atoms. The van der Waals surface area contributed by atoms with Gasteiger partial charge in [-0.25, -0.2) is 4.39 Å². The quantitative estimate of drug-likeness (QED) is 0.821. The van der Waals surface area contributed by atoms with E-state index in [-0.39, 0.29) is 23.7 Å². The first-order chi connectivity index (χ1) is 9.04. The molecule has 0 aliphatic rings. The largest absolute Gasteiger partial charge is 0.494 e. The highest BCUT2D eigenvalue weighted by Gasteiger charge is 2.21. The summed E-state index contributed by atoms with van der Waals surface area (Å²) in [4.78, 5) is 2.09. The maximum Gasteiger partial charge on any atom is 0.165 e. The summed E-state index contributed by atoms with van der Waals surface area (Å²) in [5.41, 5.74) is 6.66. The van der Waals surface area contributed by atoms with Crippen molar-refractivity contribution in [3.8, 4) is 5.75 Å². The third-order valence-electron chi connectivity index (χ3n) is 3.38. The minimum absolute atomic E-state index is 0.0504. The molecule has 0 saturated heterocycles. The van der Waals surface area contributed by atoms with Crippen molar-refractivity contribution in [1.29, 1.82) is 0 Å². The molecule has 5 heteroatoms. The van der Waals surface area contributed by atoms with Crippen molar-refractivity contribution >= 4 is 0 Å². The number of nitrogens with zero attached hydrogens (tertiary/aromatic N) is 1. The van der Waals surface area contributed by atoms with E-state index in [0.29, 0.717) is 13.2 Å². The third kappa shape index (κ3) is 3.89. The Morgan fingerprint density at radius 3 is 2.53 bits per heavy atom. The molecule has 2 N–H and O–H groups in total. The summed E-state index contributed by atoms with van der Waals surface area (Å²) in [6.45, 7) is 3.06. The number of halogens is 1. The monoisotopic (exact) mass is 270 g/mol. The number of likely N-dealkylation sites (N-methyl/N-ethyl adjacent to an activating group) is 1. The van der Waals surface area contributed by atoms with E-state index in [1.165, 1.54) is 13.2 Å². The first-order valence-corrected chi connectivity index (χ1v) is 6.29. The van der Waals surface area contributed by atoms with Crippen LogP contribution < -0.4 is 10.5 Å². The summed E-state index contributed by atoms with van der Waals surface area (Å²) in [6, 6.07) is 5.10. The van der Waals surface area contributed by atoms with E-state index in [2.05, 4.69) is 4.90 Å². The molecular formula is C14H23FN2O2. The topological polar surface area (TPSA) is 47.7 Å². The Morgan fingerprint density at radius 2 is 2.05 bits per heavy atom. The molecule has 0 aliphatic carbocycles. The molecule has 0 amide bonds. The van der Waals surface area contributed by atoms with E-state index < -0.39 is 0 Å². The fraction of sp³-hybridized carbons (Fsp3) is 0.571. The summed E-state index contributed by atoms with van der Waals surface area (Å²) < 4.78 is 23.8. The second-order valence-corrected chi connectivity index (χ2v) is 4.62. The molecule has 108 valence electrons. The van der Waals surface area contributed by atoms with Crippen molar-refractivity contribution in [2.45, 2.75) is 19.0 Å². The maximum atomic E-state index is 13.8. The zero-order valence-corrected chi connectivity index (χ0v) is 12.0. The summed E-state index contributed by atoms with van der Waals surface area (Å²) in [5.74, 6) is -0.127. The van der Waals surface area contributed by atoms with Crippen LogP contribution >= 0.6 is 0 Å². The summed E-state index contributed by atoms with van der Waals surface area (Å²) >= 11 is 0. The van der Waals surface area contributed by atoms with Gasteiger partial charge in [-0.05, 0) is 31.7 Å². The molecule has 2 unspecified atom stereocenters. The Kier molecular flexibility index (Phi) is 6.21. The minimum Gasteiger partial charge on any atom is -0.494 e. The van der Waals surface area contributed by atoms with Gasteiger partial charge in [0, 0.05) is 25.7 Å². The zero-order valence-electron chi connectivity index (χ0n) is 12.0. The molecule has 0 radical (unpaired) electrons. The Bertz CT molecular complexity index is 401. The highest BCUT2D eigenvalue weighted by molar-refractivity contribution is 5.31. The lowest BCUT2D eigenvalue weighted by Gasteiger charge is -2.32. The molecule has 0 aliphatic heterocycles. The van der Waals surface area contributed by atoms with E-state index in [1.807, 2.05) is 20.0 Å². The van der Waals surface area contributed by atoms with Crippen LogP contribution in [0.3, 0.4) is 0 Å². The molecule has 19 heavy (non-hydrogen) atoms. The molecule has 0 heterocycles. The van der Waals surface area contributed by atoms with Gasteiger partial charge in [-0.1, -0.05) is 6.07 Å². The van der Waals surface area contributed by atoms with Gasteiger partial charge in [-0.3, -0.25) is 4.90 Å². The Balaban J connectivity index is 2.93. The van der Waals surface area contributed by atoms with Gasteiger partial charge in [0.1, 0.15) is 0 Å². The van der Waals surface area contributed by atoms with Crippen molar-refractivity contribution in [2.24, 2.45) is 5.73 Å². The van der Waals surface area contributed by atoms with E-state index in [0.717, 1.165) is 5.56 Å². The molecule has 0 bridgehead atoms. The van der Waals surface area contributed by atoms with Gasteiger partial charge in [-0.15, -0.1) is 0 Å². The zero-order chi connectivity index (χ0) is 14.4. The average molecular weight is 270 g/mol. The lowest BCUT2D eigenvalue weighted by Crippen LogP contribution is -2.39. The predicted octanol–water partition coefficient (Wildman–Crippen LogP) is 1.80. The number of hydrogen-bond acceptors (Lipinski definition) is 4. The van der Waals surface area contributed by atoms with Gasteiger partial charge >= 0.3 is 0 Å². The molecule has 0 saturated carbocycles. The number of rotatable bonds is 7. The molecule has 4 nitrogen and oxygen atoms in total. The first-order valence-electron chi connectivity index (χ1n) is 6.29. The van der Waals surface area contributed by atoms with Crippen molar-refractivity contribution < 1.29 is 13.9 Å². The van der Waals surface area contributed by atoms with E-state index >= 15 is 0 Å². The smallest absolute Gasteiger partial charge is 0.165 e. The van der Waals surface area contributed by atoms with Gasteiger partial charge < -0.3 is 15.2 Å². The van der Waals surface area contributed by atoms with Crippen LogP contribution in [-0.4, -0.2) is 45.4 Å². The van der Waals surface area contributed by atoms with Crippen LogP contribution in [-0.2, 0) is 4.74 Å². The van der Waals surface area contributed by atoms with Gasteiger partial charge in [-0.2, -0.15) is 0 Å². The van der Waals surface area contributed by atoms with E-state index in [9.17, 15) is 4.39 Å². The second kappa shape index (κ2) is 7.43. The van der Waals surface area contributed by atoms with Crippen LogP contribution in [0, 0.1) is 5.82 Å².